The maximum Gasteiger partial charge on any atom is 0.0737 e. The van der Waals surface area contributed by atoms with Crippen molar-refractivity contribution in [3.8, 4) is 0 Å². The summed E-state index contributed by atoms with van der Waals surface area (Å²) in [5.74, 6) is 0. The molecule has 2 aromatic heterocycles. The lowest BCUT2D eigenvalue weighted by molar-refractivity contribution is 0.590. The van der Waals surface area contributed by atoms with Crippen LogP contribution in [-0.2, 0) is 0 Å². The third-order valence-corrected chi connectivity index (χ3v) is 6.75. The topological polar surface area (TPSA) is 56.3 Å². The molecule has 1 aliphatic heterocycles. The number of hydrogen-bond acceptors (Lipinski definition) is 6. The zero-order valence-electron chi connectivity index (χ0n) is 19.0. The summed E-state index contributed by atoms with van der Waals surface area (Å²) in [6, 6.07) is 16.1. The Morgan fingerprint density at radius 1 is 0.588 bits per heavy atom. The predicted molar refractivity (Wildman–Crippen MR) is 144 cm³/mol. The van der Waals surface area contributed by atoms with E-state index in [4.69, 9.17) is 23.2 Å². The zero-order valence-corrected chi connectivity index (χ0v) is 20.5. The van der Waals surface area contributed by atoms with E-state index in [-0.39, 0.29) is 0 Å². The molecule has 0 saturated carbocycles. The molecule has 5 rings (SSSR count). The SMILES string of the molecule is Clc1ccc2c(N3CCNCCN(c4ccnc5cc(Cl)ccc45)CCNCC3)ccnc2c1. The van der Waals surface area contributed by atoms with Crippen LogP contribution in [0.3, 0.4) is 0 Å². The normalized spacial score (nSPS) is 16.4. The standard InChI is InChI=1S/C26H28Cl2N6/c27-19-1-3-21-23(17-19)31-7-5-25(21)33-13-9-29-11-15-34(16-12-30-10-14-33)26-6-8-32-24-18-20(28)2-4-22(24)26/h1-8,17-18,29-30H,9-16H2. The Labute approximate surface area is 209 Å². The first-order valence-corrected chi connectivity index (χ1v) is 12.4. The summed E-state index contributed by atoms with van der Waals surface area (Å²) in [5, 5.41) is 11.0. The molecule has 4 aromatic rings. The summed E-state index contributed by atoms with van der Waals surface area (Å²) in [7, 11) is 0. The zero-order chi connectivity index (χ0) is 23.3. The van der Waals surface area contributed by atoms with E-state index in [1.54, 1.807) is 0 Å². The number of hydrogen-bond donors (Lipinski definition) is 2. The monoisotopic (exact) mass is 494 g/mol. The first-order valence-electron chi connectivity index (χ1n) is 11.7. The fourth-order valence-corrected chi connectivity index (χ4v) is 4.91. The Bertz CT molecular complexity index is 1170. The fraction of sp³-hybridized carbons (Fsp3) is 0.308. The number of aromatic nitrogens is 2. The highest BCUT2D eigenvalue weighted by Gasteiger charge is 2.14. The van der Waals surface area contributed by atoms with E-state index in [0.29, 0.717) is 10.0 Å². The van der Waals surface area contributed by atoms with Crippen LogP contribution in [0.5, 0.6) is 0 Å². The summed E-state index contributed by atoms with van der Waals surface area (Å²) in [4.78, 5) is 13.9. The van der Waals surface area contributed by atoms with Gasteiger partial charge in [-0.2, -0.15) is 0 Å². The molecule has 34 heavy (non-hydrogen) atoms. The Hall–Kier alpha value is -2.64. The lowest BCUT2D eigenvalue weighted by Gasteiger charge is -2.30. The highest BCUT2D eigenvalue weighted by atomic mass is 35.5. The molecule has 1 fully saturated rings. The molecule has 0 radical (unpaired) electrons. The van der Waals surface area contributed by atoms with E-state index in [2.05, 4.69) is 54.7 Å². The third-order valence-electron chi connectivity index (χ3n) is 6.28. The van der Waals surface area contributed by atoms with Gasteiger partial charge < -0.3 is 20.4 Å². The van der Waals surface area contributed by atoms with Gasteiger partial charge >= 0.3 is 0 Å². The van der Waals surface area contributed by atoms with E-state index in [1.807, 2.05) is 36.7 Å². The number of pyridine rings is 2. The fourth-order valence-electron chi connectivity index (χ4n) is 4.58. The third kappa shape index (κ3) is 5.20. The van der Waals surface area contributed by atoms with Crippen molar-refractivity contribution in [3.63, 3.8) is 0 Å². The first kappa shape index (κ1) is 23.1. The van der Waals surface area contributed by atoms with Gasteiger partial charge in [0.2, 0.25) is 0 Å². The number of rotatable bonds is 2. The molecule has 0 unspecified atom stereocenters. The maximum atomic E-state index is 6.19. The van der Waals surface area contributed by atoms with Crippen LogP contribution in [0.4, 0.5) is 11.4 Å². The molecule has 8 heteroatoms. The summed E-state index contributed by atoms with van der Waals surface area (Å²) >= 11 is 12.4. The number of nitrogens with one attached hydrogen (secondary N) is 2. The largest absolute Gasteiger partial charge is 0.368 e. The van der Waals surface area contributed by atoms with Crippen LogP contribution < -0.4 is 20.4 Å². The summed E-state index contributed by atoms with van der Waals surface area (Å²) in [5.41, 5.74) is 4.26. The van der Waals surface area contributed by atoms with Gasteiger partial charge in [0.05, 0.1) is 11.0 Å². The predicted octanol–water partition coefficient (Wildman–Crippen LogP) is 4.60. The van der Waals surface area contributed by atoms with Gasteiger partial charge in [0.1, 0.15) is 0 Å². The lowest BCUT2D eigenvalue weighted by atomic mass is 10.1. The second-order valence-corrected chi connectivity index (χ2v) is 9.33. The molecule has 6 nitrogen and oxygen atoms in total. The molecule has 0 aliphatic carbocycles. The second kappa shape index (κ2) is 10.7. The summed E-state index contributed by atoms with van der Waals surface area (Å²) in [6.45, 7) is 7.27. The summed E-state index contributed by atoms with van der Waals surface area (Å²) in [6.07, 6.45) is 3.74. The van der Waals surface area contributed by atoms with Gasteiger partial charge in [-0.3, -0.25) is 9.97 Å². The molecule has 3 heterocycles. The van der Waals surface area contributed by atoms with Gasteiger partial charge in [-0.25, -0.2) is 0 Å². The van der Waals surface area contributed by atoms with Crippen molar-refractivity contribution < 1.29 is 0 Å². The van der Waals surface area contributed by atoms with Crippen molar-refractivity contribution in [1.82, 2.24) is 20.6 Å². The number of fused-ring (bicyclic) bond motifs is 2. The van der Waals surface area contributed by atoms with E-state index < -0.39 is 0 Å². The Morgan fingerprint density at radius 3 is 1.41 bits per heavy atom. The van der Waals surface area contributed by atoms with Crippen LogP contribution in [0, 0.1) is 0 Å². The van der Waals surface area contributed by atoms with Gasteiger partial charge in [0.15, 0.2) is 0 Å². The van der Waals surface area contributed by atoms with Crippen molar-refractivity contribution in [2.75, 3.05) is 62.2 Å². The number of nitrogens with zero attached hydrogens (tertiary/aromatic N) is 4. The van der Waals surface area contributed by atoms with Gasteiger partial charge in [-0.15, -0.1) is 0 Å². The van der Waals surface area contributed by atoms with Crippen molar-refractivity contribution in [3.05, 3.63) is 71.0 Å². The summed E-state index contributed by atoms with van der Waals surface area (Å²) < 4.78 is 0. The Kier molecular flexibility index (Phi) is 7.30. The minimum absolute atomic E-state index is 0.712. The first-order chi connectivity index (χ1) is 16.7. The van der Waals surface area contributed by atoms with Crippen molar-refractivity contribution in [2.45, 2.75) is 0 Å². The highest BCUT2D eigenvalue weighted by Crippen LogP contribution is 2.28. The van der Waals surface area contributed by atoms with Gasteiger partial charge in [0.25, 0.3) is 0 Å². The molecule has 2 aromatic carbocycles. The van der Waals surface area contributed by atoms with Gasteiger partial charge in [-0.05, 0) is 48.5 Å². The highest BCUT2D eigenvalue weighted by molar-refractivity contribution is 6.31. The molecule has 0 spiro atoms. The van der Waals surface area contributed by atoms with Crippen LogP contribution >= 0.6 is 23.2 Å². The van der Waals surface area contributed by atoms with E-state index in [0.717, 1.165) is 74.2 Å². The number of anilines is 2. The molecule has 176 valence electrons. The molecular formula is C26H28Cl2N6. The minimum atomic E-state index is 0.712. The second-order valence-electron chi connectivity index (χ2n) is 8.46. The van der Waals surface area contributed by atoms with Gasteiger partial charge in [0, 0.05) is 96.9 Å². The molecular weight excluding hydrogens is 467 g/mol. The van der Waals surface area contributed by atoms with Crippen LogP contribution in [0.1, 0.15) is 0 Å². The van der Waals surface area contributed by atoms with Crippen LogP contribution in [0.15, 0.2) is 60.9 Å². The number of benzene rings is 2. The maximum absolute atomic E-state index is 6.19. The van der Waals surface area contributed by atoms with Crippen LogP contribution in [0.25, 0.3) is 21.8 Å². The molecule has 2 N–H and O–H groups in total. The smallest absolute Gasteiger partial charge is 0.0737 e. The van der Waals surface area contributed by atoms with Crippen LogP contribution in [-0.4, -0.2) is 62.3 Å². The van der Waals surface area contributed by atoms with Crippen molar-refractivity contribution in [1.29, 1.82) is 0 Å². The van der Waals surface area contributed by atoms with Crippen LogP contribution in [0.2, 0.25) is 10.0 Å². The van der Waals surface area contributed by atoms with Crippen molar-refractivity contribution >= 4 is 56.4 Å². The molecule has 1 saturated heterocycles. The average Bonchev–Trinajstić information content (AvgIpc) is 2.83. The quantitative estimate of drug-likeness (QED) is 0.424. The lowest BCUT2D eigenvalue weighted by Crippen LogP contribution is -2.43. The molecule has 0 bridgehead atoms. The van der Waals surface area contributed by atoms with Gasteiger partial charge in [-0.1, -0.05) is 23.2 Å². The molecule has 0 atom stereocenters. The Balaban J connectivity index is 1.30. The van der Waals surface area contributed by atoms with E-state index in [1.165, 1.54) is 11.4 Å². The van der Waals surface area contributed by atoms with E-state index >= 15 is 0 Å². The average molecular weight is 495 g/mol. The van der Waals surface area contributed by atoms with E-state index in [9.17, 15) is 0 Å². The Morgan fingerprint density at radius 2 is 1.00 bits per heavy atom. The molecule has 0 amide bonds. The molecule has 1 aliphatic rings. The minimum Gasteiger partial charge on any atom is -0.368 e. The number of halogens is 2. The van der Waals surface area contributed by atoms with Crippen molar-refractivity contribution in [2.24, 2.45) is 0 Å².